The van der Waals surface area contributed by atoms with Gasteiger partial charge in [-0.15, -0.1) is 0 Å². The highest BCUT2D eigenvalue weighted by atomic mass is 16.3. The fourth-order valence-corrected chi connectivity index (χ4v) is 7.61. The lowest BCUT2D eigenvalue weighted by Crippen LogP contribution is -2.09. The third kappa shape index (κ3) is 4.13. The lowest BCUT2D eigenvalue weighted by Gasteiger charge is -2.25. The smallest absolute Gasteiger partial charge is 0.137 e. The van der Waals surface area contributed by atoms with Crippen molar-refractivity contribution in [3.63, 3.8) is 0 Å². The molecule has 0 atom stereocenters. The summed E-state index contributed by atoms with van der Waals surface area (Å²) >= 11 is 0. The number of hydrogen-bond acceptors (Lipinski definition) is 2. The lowest BCUT2D eigenvalue weighted by atomic mass is 9.91. The predicted molar refractivity (Wildman–Crippen MR) is 204 cm³/mol. The van der Waals surface area contributed by atoms with Gasteiger partial charge in [-0.3, -0.25) is 0 Å². The summed E-state index contributed by atoms with van der Waals surface area (Å²) in [4.78, 5) is 2.30. The topological polar surface area (TPSA) is 16.4 Å². The van der Waals surface area contributed by atoms with E-state index in [0.29, 0.717) is 0 Å². The molecule has 2 nitrogen and oxygen atoms in total. The minimum atomic E-state index is 0.881. The van der Waals surface area contributed by atoms with Gasteiger partial charge in [0.25, 0.3) is 0 Å². The molecule has 0 unspecified atom stereocenters. The van der Waals surface area contributed by atoms with E-state index >= 15 is 0 Å². The summed E-state index contributed by atoms with van der Waals surface area (Å²) in [5.41, 5.74) is 7.45. The van der Waals surface area contributed by atoms with Crippen LogP contribution in [0.1, 0.15) is 0 Å². The monoisotopic (exact) mass is 611 g/mol. The molecule has 1 aromatic heterocycles. The average molecular weight is 612 g/mol. The van der Waals surface area contributed by atoms with E-state index in [0.717, 1.165) is 33.6 Å². The Bertz CT molecular complexity index is 2830. The zero-order valence-corrected chi connectivity index (χ0v) is 26.1. The fourth-order valence-electron chi connectivity index (χ4n) is 7.61. The number of para-hydroxylation sites is 1. The standard InChI is InChI=1S/C46H29NO/c1-2-12-34(13-3-1)47(36-25-26-41-44(29-36)48-43-27-22-31-11-5-7-15-38(31)46(41)43)35-23-20-32(21-24-35)42-28-33-19-18-30-10-4-6-14-37(30)45(33)40-17-9-8-16-39(40)42/h1-29H. The number of benzene rings is 9. The van der Waals surface area contributed by atoms with Crippen molar-refractivity contribution in [3.8, 4) is 11.1 Å². The average Bonchev–Trinajstić information content (AvgIpc) is 3.54. The number of anilines is 3. The van der Waals surface area contributed by atoms with Crippen LogP contribution < -0.4 is 4.90 Å². The first kappa shape index (κ1) is 26.8. The molecule has 0 aliphatic rings. The summed E-state index contributed by atoms with van der Waals surface area (Å²) in [6.07, 6.45) is 0. The third-order valence-corrected chi connectivity index (χ3v) is 9.80. The molecule has 0 fully saturated rings. The van der Waals surface area contributed by atoms with Gasteiger partial charge in [0.15, 0.2) is 0 Å². The van der Waals surface area contributed by atoms with Crippen LogP contribution in [0.15, 0.2) is 180 Å². The van der Waals surface area contributed by atoms with E-state index < -0.39 is 0 Å². The number of hydrogen-bond donors (Lipinski definition) is 0. The molecule has 0 aliphatic carbocycles. The number of furan rings is 1. The van der Waals surface area contributed by atoms with Gasteiger partial charge in [-0.2, -0.15) is 0 Å². The van der Waals surface area contributed by atoms with Gasteiger partial charge in [-0.05, 0) is 103 Å². The van der Waals surface area contributed by atoms with Gasteiger partial charge in [0.05, 0.1) is 0 Å². The van der Waals surface area contributed by atoms with E-state index in [-0.39, 0.29) is 0 Å². The Morgan fingerprint density at radius 1 is 0.333 bits per heavy atom. The summed E-state index contributed by atoms with van der Waals surface area (Å²) in [7, 11) is 0. The van der Waals surface area contributed by atoms with Gasteiger partial charge < -0.3 is 9.32 Å². The Hall–Kier alpha value is -6.38. The second-order valence-corrected chi connectivity index (χ2v) is 12.5. The van der Waals surface area contributed by atoms with Gasteiger partial charge in [0.2, 0.25) is 0 Å². The molecule has 48 heavy (non-hydrogen) atoms. The summed E-state index contributed by atoms with van der Waals surface area (Å²) in [5.74, 6) is 0. The van der Waals surface area contributed by atoms with E-state index in [2.05, 4.69) is 181 Å². The summed E-state index contributed by atoms with van der Waals surface area (Å²) in [6.45, 7) is 0. The maximum Gasteiger partial charge on any atom is 0.137 e. The van der Waals surface area contributed by atoms with Crippen molar-refractivity contribution in [1.82, 2.24) is 0 Å². The highest BCUT2D eigenvalue weighted by Gasteiger charge is 2.17. The highest BCUT2D eigenvalue weighted by Crippen LogP contribution is 2.42. The van der Waals surface area contributed by atoms with Crippen molar-refractivity contribution in [2.24, 2.45) is 0 Å². The van der Waals surface area contributed by atoms with Crippen molar-refractivity contribution in [1.29, 1.82) is 0 Å². The van der Waals surface area contributed by atoms with Crippen LogP contribution in [-0.2, 0) is 0 Å². The fraction of sp³-hybridized carbons (Fsp3) is 0. The molecule has 0 spiro atoms. The van der Waals surface area contributed by atoms with Crippen molar-refractivity contribution < 1.29 is 4.42 Å². The zero-order chi connectivity index (χ0) is 31.6. The molecule has 2 heteroatoms. The maximum absolute atomic E-state index is 6.48. The Balaban J connectivity index is 1.12. The Morgan fingerprint density at radius 3 is 1.69 bits per heavy atom. The van der Waals surface area contributed by atoms with Crippen LogP contribution >= 0.6 is 0 Å². The quantitative estimate of drug-likeness (QED) is 0.184. The molecule has 0 N–H and O–H groups in total. The second-order valence-electron chi connectivity index (χ2n) is 12.5. The van der Waals surface area contributed by atoms with E-state index in [1.807, 2.05) is 0 Å². The van der Waals surface area contributed by atoms with Crippen molar-refractivity contribution in [3.05, 3.63) is 176 Å². The first-order valence-electron chi connectivity index (χ1n) is 16.4. The second kappa shape index (κ2) is 10.6. The Morgan fingerprint density at radius 2 is 0.917 bits per heavy atom. The minimum Gasteiger partial charge on any atom is -0.456 e. The van der Waals surface area contributed by atoms with Crippen molar-refractivity contribution in [2.75, 3.05) is 4.90 Å². The van der Waals surface area contributed by atoms with Crippen molar-refractivity contribution >= 4 is 82.1 Å². The molecular weight excluding hydrogens is 583 g/mol. The normalized spacial score (nSPS) is 11.8. The van der Waals surface area contributed by atoms with Crippen LogP contribution in [0.2, 0.25) is 0 Å². The number of fused-ring (bicyclic) bond motifs is 10. The molecular formula is C46H29NO. The SMILES string of the molecule is c1ccc(N(c2ccc(-c3cc4ccc5ccccc5c4c4ccccc34)cc2)c2ccc3c(c2)oc2ccc4ccccc4c23)cc1. The van der Waals surface area contributed by atoms with Gasteiger partial charge in [-0.1, -0.05) is 121 Å². The zero-order valence-electron chi connectivity index (χ0n) is 26.1. The van der Waals surface area contributed by atoms with E-state index in [1.54, 1.807) is 0 Å². The molecule has 0 aliphatic heterocycles. The first-order chi connectivity index (χ1) is 23.8. The molecule has 224 valence electrons. The van der Waals surface area contributed by atoms with Crippen LogP contribution in [0, 0.1) is 0 Å². The summed E-state index contributed by atoms with van der Waals surface area (Å²) in [6, 6.07) is 63.2. The summed E-state index contributed by atoms with van der Waals surface area (Å²) in [5, 5.41) is 12.4. The maximum atomic E-state index is 6.48. The van der Waals surface area contributed by atoms with Gasteiger partial charge in [0, 0.05) is 33.9 Å². The van der Waals surface area contributed by atoms with E-state index in [1.165, 1.54) is 59.6 Å². The van der Waals surface area contributed by atoms with Crippen LogP contribution in [0.5, 0.6) is 0 Å². The molecule has 0 saturated carbocycles. The predicted octanol–water partition coefficient (Wildman–Crippen LogP) is 13.3. The minimum absolute atomic E-state index is 0.881. The Kier molecular flexibility index (Phi) is 5.91. The van der Waals surface area contributed by atoms with Gasteiger partial charge in [0.1, 0.15) is 11.2 Å². The molecule has 0 bridgehead atoms. The molecule has 10 rings (SSSR count). The largest absolute Gasteiger partial charge is 0.456 e. The first-order valence-corrected chi connectivity index (χ1v) is 16.4. The molecule has 10 aromatic rings. The van der Waals surface area contributed by atoms with Crippen molar-refractivity contribution in [2.45, 2.75) is 0 Å². The van der Waals surface area contributed by atoms with Gasteiger partial charge in [-0.25, -0.2) is 0 Å². The van der Waals surface area contributed by atoms with Crippen LogP contribution in [0.25, 0.3) is 76.2 Å². The molecule has 0 radical (unpaired) electrons. The molecule has 9 aromatic carbocycles. The van der Waals surface area contributed by atoms with E-state index in [4.69, 9.17) is 4.42 Å². The van der Waals surface area contributed by atoms with Crippen LogP contribution in [-0.4, -0.2) is 0 Å². The molecule has 0 saturated heterocycles. The summed E-state index contributed by atoms with van der Waals surface area (Å²) < 4.78 is 6.48. The van der Waals surface area contributed by atoms with Crippen LogP contribution in [0.3, 0.4) is 0 Å². The molecule has 1 heterocycles. The van der Waals surface area contributed by atoms with Gasteiger partial charge >= 0.3 is 0 Å². The lowest BCUT2D eigenvalue weighted by molar-refractivity contribution is 0.669. The number of nitrogens with zero attached hydrogens (tertiary/aromatic N) is 1. The number of rotatable bonds is 4. The third-order valence-electron chi connectivity index (χ3n) is 9.80. The molecule has 0 amide bonds. The highest BCUT2D eigenvalue weighted by molar-refractivity contribution is 6.23. The van der Waals surface area contributed by atoms with Crippen LogP contribution in [0.4, 0.5) is 17.1 Å². The Labute approximate surface area is 277 Å². The van der Waals surface area contributed by atoms with E-state index in [9.17, 15) is 0 Å².